The van der Waals surface area contributed by atoms with E-state index in [0.717, 1.165) is 0 Å². The highest BCUT2D eigenvalue weighted by Crippen LogP contribution is 2.37. The number of anilines is 1. The molecule has 0 fully saturated rings. The molecule has 7 heteroatoms. The number of carbonyl (C=O) groups is 1. The van der Waals surface area contributed by atoms with Crippen molar-refractivity contribution in [1.29, 1.82) is 0 Å². The number of carbonyl (C=O) groups excluding carboxylic acids is 1. The van der Waals surface area contributed by atoms with Gasteiger partial charge >= 0.3 is 0 Å². The second kappa shape index (κ2) is 8.65. The summed E-state index contributed by atoms with van der Waals surface area (Å²) in [5, 5.41) is 11.7. The topological polar surface area (TPSA) is 67.8 Å². The van der Waals surface area contributed by atoms with Gasteiger partial charge in [-0.3, -0.25) is 4.79 Å². The Bertz CT molecular complexity index is 724. The molecule has 0 aliphatic rings. The van der Waals surface area contributed by atoms with Crippen LogP contribution in [0.25, 0.3) is 0 Å². The van der Waals surface area contributed by atoms with Crippen LogP contribution in [-0.4, -0.2) is 24.2 Å². The summed E-state index contributed by atoms with van der Waals surface area (Å²) in [7, 11) is 0. The van der Waals surface area contributed by atoms with E-state index < -0.39 is 11.7 Å². The molecule has 2 aromatic carbocycles. The summed E-state index contributed by atoms with van der Waals surface area (Å²) in [5.41, 5.74) is 0.735. The maximum atomic E-state index is 13.5. The number of aliphatic hydroxyl groups excluding tert-OH is 1. The highest BCUT2D eigenvalue weighted by molar-refractivity contribution is 9.10. The number of para-hydroxylation sites is 1. The molecule has 0 atom stereocenters. The van der Waals surface area contributed by atoms with Gasteiger partial charge in [0.2, 0.25) is 0 Å². The van der Waals surface area contributed by atoms with Gasteiger partial charge in [0.1, 0.15) is 5.82 Å². The van der Waals surface area contributed by atoms with Crippen LogP contribution in [0, 0.1) is 5.82 Å². The Morgan fingerprint density at radius 3 is 2.71 bits per heavy atom. The molecule has 0 heterocycles. The Morgan fingerprint density at radius 1 is 1.29 bits per heavy atom. The predicted molar refractivity (Wildman–Crippen MR) is 91.8 cm³/mol. The van der Waals surface area contributed by atoms with E-state index in [1.807, 2.05) is 6.92 Å². The predicted octanol–water partition coefficient (Wildman–Crippen LogP) is 3.50. The summed E-state index contributed by atoms with van der Waals surface area (Å²) in [6.45, 7) is 1.76. The minimum atomic E-state index is -0.519. The van der Waals surface area contributed by atoms with Crippen molar-refractivity contribution >= 4 is 27.5 Å². The Morgan fingerprint density at radius 2 is 2.04 bits per heavy atom. The van der Waals surface area contributed by atoms with Gasteiger partial charge in [-0.2, -0.15) is 0 Å². The standard InChI is InChI=1S/C17H17BrFNO4/c1-2-23-15-8-11(9-21)7-12(18)17(15)24-10-16(22)20-14-6-4-3-5-13(14)19/h3-8,21H,2,9-10H2,1H3,(H,20,22). The van der Waals surface area contributed by atoms with Gasteiger partial charge in [0, 0.05) is 0 Å². The van der Waals surface area contributed by atoms with Gasteiger partial charge in [0.05, 0.1) is 23.4 Å². The summed E-state index contributed by atoms with van der Waals surface area (Å²) in [4.78, 5) is 11.9. The Kier molecular flexibility index (Phi) is 6.57. The molecule has 0 aromatic heterocycles. The van der Waals surface area contributed by atoms with Crippen molar-refractivity contribution in [3.05, 3.63) is 52.3 Å². The quantitative estimate of drug-likeness (QED) is 0.750. The zero-order chi connectivity index (χ0) is 17.5. The first kappa shape index (κ1) is 18.2. The maximum absolute atomic E-state index is 13.5. The van der Waals surface area contributed by atoms with E-state index in [-0.39, 0.29) is 18.9 Å². The van der Waals surface area contributed by atoms with Gasteiger partial charge in [-0.05, 0) is 52.7 Å². The highest BCUT2D eigenvalue weighted by Gasteiger charge is 2.14. The second-order valence-corrected chi connectivity index (χ2v) is 5.67. The van der Waals surface area contributed by atoms with Crippen molar-refractivity contribution in [2.75, 3.05) is 18.5 Å². The molecule has 5 nitrogen and oxygen atoms in total. The monoisotopic (exact) mass is 397 g/mol. The zero-order valence-electron chi connectivity index (χ0n) is 13.0. The first-order valence-electron chi connectivity index (χ1n) is 7.28. The molecule has 0 aliphatic heterocycles. The van der Waals surface area contributed by atoms with Crippen molar-refractivity contribution in [2.45, 2.75) is 13.5 Å². The molecule has 1 amide bonds. The molecule has 0 saturated carbocycles. The van der Waals surface area contributed by atoms with Crippen LogP contribution in [-0.2, 0) is 11.4 Å². The summed E-state index contributed by atoms with van der Waals surface area (Å²) in [6.07, 6.45) is 0. The van der Waals surface area contributed by atoms with Crippen molar-refractivity contribution in [3.63, 3.8) is 0 Å². The minimum Gasteiger partial charge on any atom is -0.490 e. The zero-order valence-corrected chi connectivity index (χ0v) is 14.6. The summed E-state index contributed by atoms with van der Waals surface area (Å²) in [6, 6.07) is 9.19. The number of halogens is 2. The number of hydrogen-bond donors (Lipinski definition) is 2. The lowest BCUT2D eigenvalue weighted by molar-refractivity contribution is -0.118. The van der Waals surface area contributed by atoms with Crippen LogP contribution < -0.4 is 14.8 Å². The van der Waals surface area contributed by atoms with Crippen LogP contribution in [0.3, 0.4) is 0 Å². The molecule has 24 heavy (non-hydrogen) atoms. The number of hydrogen-bond acceptors (Lipinski definition) is 4. The lowest BCUT2D eigenvalue weighted by atomic mass is 10.2. The molecule has 2 aromatic rings. The first-order valence-corrected chi connectivity index (χ1v) is 8.07. The van der Waals surface area contributed by atoms with Crippen molar-refractivity contribution in [2.24, 2.45) is 0 Å². The average molecular weight is 398 g/mol. The molecule has 2 rings (SSSR count). The number of amides is 1. The number of rotatable bonds is 7. The molecule has 128 valence electrons. The smallest absolute Gasteiger partial charge is 0.262 e. The molecule has 0 bridgehead atoms. The van der Waals surface area contributed by atoms with Crippen LogP contribution >= 0.6 is 15.9 Å². The van der Waals surface area contributed by atoms with E-state index in [1.165, 1.54) is 18.2 Å². The van der Waals surface area contributed by atoms with Gasteiger partial charge < -0.3 is 19.9 Å². The number of nitrogens with one attached hydrogen (secondary N) is 1. The molecular formula is C17H17BrFNO4. The molecule has 0 radical (unpaired) electrons. The third kappa shape index (κ3) is 4.69. The van der Waals surface area contributed by atoms with Gasteiger partial charge in [-0.25, -0.2) is 4.39 Å². The number of ether oxygens (including phenoxy) is 2. The van der Waals surface area contributed by atoms with Crippen LogP contribution in [0.4, 0.5) is 10.1 Å². The third-order valence-electron chi connectivity index (χ3n) is 3.05. The molecule has 0 saturated heterocycles. The normalized spacial score (nSPS) is 10.3. The largest absolute Gasteiger partial charge is 0.490 e. The van der Waals surface area contributed by atoms with E-state index in [1.54, 1.807) is 18.2 Å². The average Bonchev–Trinajstić information content (AvgIpc) is 2.56. The highest BCUT2D eigenvalue weighted by atomic mass is 79.9. The summed E-state index contributed by atoms with van der Waals surface area (Å²) >= 11 is 3.33. The third-order valence-corrected chi connectivity index (χ3v) is 3.64. The van der Waals surface area contributed by atoms with Crippen molar-refractivity contribution in [1.82, 2.24) is 0 Å². The van der Waals surface area contributed by atoms with Crippen LogP contribution in [0.5, 0.6) is 11.5 Å². The van der Waals surface area contributed by atoms with Gasteiger partial charge in [0.25, 0.3) is 5.91 Å². The molecule has 0 spiro atoms. The Hall–Kier alpha value is -2.12. The molecule has 0 aliphatic carbocycles. The van der Waals surface area contributed by atoms with Crippen LogP contribution in [0.15, 0.2) is 40.9 Å². The Balaban J connectivity index is 2.08. The van der Waals surface area contributed by atoms with Crippen LogP contribution in [0.1, 0.15) is 12.5 Å². The van der Waals surface area contributed by atoms with Crippen molar-refractivity contribution < 1.29 is 23.8 Å². The van der Waals surface area contributed by atoms with E-state index in [0.29, 0.717) is 28.1 Å². The summed E-state index contributed by atoms with van der Waals surface area (Å²) in [5.74, 6) is -0.262. The van der Waals surface area contributed by atoms with Gasteiger partial charge in [-0.1, -0.05) is 12.1 Å². The second-order valence-electron chi connectivity index (χ2n) is 4.81. The first-order chi connectivity index (χ1) is 11.5. The van der Waals surface area contributed by atoms with Crippen LogP contribution in [0.2, 0.25) is 0 Å². The maximum Gasteiger partial charge on any atom is 0.262 e. The van der Waals surface area contributed by atoms with E-state index >= 15 is 0 Å². The fourth-order valence-electron chi connectivity index (χ4n) is 2.00. The fourth-order valence-corrected chi connectivity index (χ4v) is 2.61. The van der Waals surface area contributed by atoms with E-state index in [2.05, 4.69) is 21.2 Å². The molecular weight excluding hydrogens is 381 g/mol. The van der Waals surface area contributed by atoms with Gasteiger partial charge in [-0.15, -0.1) is 0 Å². The van der Waals surface area contributed by atoms with Crippen molar-refractivity contribution in [3.8, 4) is 11.5 Å². The van der Waals surface area contributed by atoms with E-state index in [4.69, 9.17) is 9.47 Å². The fraction of sp³-hybridized carbons (Fsp3) is 0.235. The number of benzene rings is 2. The molecule has 2 N–H and O–H groups in total. The Labute approximate surface area is 147 Å². The lowest BCUT2D eigenvalue weighted by Gasteiger charge is -2.15. The van der Waals surface area contributed by atoms with E-state index in [9.17, 15) is 14.3 Å². The van der Waals surface area contributed by atoms with Gasteiger partial charge in [0.15, 0.2) is 18.1 Å². The SMILES string of the molecule is CCOc1cc(CO)cc(Br)c1OCC(=O)Nc1ccccc1F. The lowest BCUT2D eigenvalue weighted by Crippen LogP contribution is -2.21. The summed E-state index contributed by atoms with van der Waals surface area (Å²) < 4.78 is 25.0. The number of aliphatic hydroxyl groups is 1. The minimum absolute atomic E-state index is 0.0887. The molecule has 0 unspecified atom stereocenters.